The van der Waals surface area contributed by atoms with E-state index >= 15 is 0 Å². The Morgan fingerprint density at radius 2 is 1.92 bits per heavy atom. The SMILES string of the molecule is O=C(Cc1ccc(Cl)nn1)N1CCC(Cc2cccc(Cl)c2)CC1. The van der Waals surface area contributed by atoms with Gasteiger partial charge in [-0.1, -0.05) is 35.3 Å². The van der Waals surface area contributed by atoms with Crippen molar-refractivity contribution in [3.8, 4) is 0 Å². The van der Waals surface area contributed by atoms with Crippen LogP contribution in [0.4, 0.5) is 0 Å². The minimum Gasteiger partial charge on any atom is -0.342 e. The lowest BCUT2D eigenvalue weighted by molar-refractivity contribution is -0.131. The summed E-state index contributed by atoms with van der Waals surface area (Å²) >= 11 is 11.8. The molecule has 0 atom stereocenters. The maximum Gasteiger partial charge on any atom is 0.228 e. The van der Waals surface area contributed by atoms with Crippen LogP contribution in [0.25, 0.3) is 0 Å². The molecule has 1 amide bonds. The summed E-state index contributed by atoms with van der Waals surface area (Å²) < 4.78 is 0. The molecule has 1 aromatic carbocycles. The number of halogens is 2. The van der Waals surface area contributed by atoms with Crippen LogP contribution in [-0.4, -0.2) is 34.1 Å². The van der Waals surface area contributed by atoms with Crippen LogP contribution < -0.4 is 0 Å². The van der Waals surface area contributed by atoms with Gasteiger partial charge in [0.1, 0.15) is 0 Å². The molecule has 4 nitrogen and oxygen atoms in total. The van der Waals surface area contributed by atoms with E-state index in [2.05, 4.69) is 16.3 Å². The fourth-order valence-electron chi connectivity index (χ4n) is 3.09. The maximum atomic E-state index is 12.4. The molecular weight excluding hydrogens is 345 g/mol. The van der Waals surface area contributed by atoms with Crippen molar-refractivity contribution in [2.75, 3.05) is 13.1 Å². The molecule has 0 N–H and O–H groups in total. The highest BCUT2D eigenvalue weighted by Crippen LogP contribution is 2.23. The first kappa shape index (κ1) is 17.2. The van der Waals surface area contributed by atoms with Gasteiger partial charge in [-0.15, -0.1) is 5.10 Å². The molecule has 1 aromatic heterocycles. The number of benzene rings is 1. The Balaban J connectivity index is 1.49. The lowest BCUT2D eigenvalue weighted by atomic mass is 9.90. The van der Waals surface area contributed by atoms with E-state index in [4.69, 9.17) is 23.2 Å². The van der Waals surface area contributed by atoms with Crippen molar-refractivity contribution in [1.29, 1.82) is 0 Å². The summed E-state index contributed by atoms with van der Waals surface area (Å²) in [5.74, 6) is 0.704. The summed E-state index contributed by atoms with van der Waals surface area (Å²) in [6.07, 6.45) is 3.34. The lowest BCUT2D eigenvalue weighted by Gasteiger charge is -2.32. The molecule has 2 heterocycles. The fraction of sp³-hybridized carbons (Fsp3) is 0.389. The van der Waals surface area contributed by atoms with E-state index in [1.54, 1.807) is 12.1 Å². The zero-order valence-corrected chi connectivity index (χ0v) is 14.8. The third-order valence-electron chi connectivity index (χ3n) is 4.40. The van der Waals surface area contributed by atoms with Crippen molar-refractivity contribution >= 4 is 29.1 Å². The van der Waals surface area contributed by atoms with E-state index in [0.717, 1.165) is 37.4 Å². The number of carbonyl (C=O) groups is 1. The van der Waals surface area contributed by atoms with Crippen molar-refractivity contribution in [2.24, 2.45) is 5.92 Å². The van der Waals surface area contributed by atoms with Gasteiger partial charge in [0.25, 0.3) is 0 Å². The molecule has 6 heteroatoms. The van der Waals surface area contributed by atoms with Gasteiger partial charge in [0, 0.05) is 18.1 Å². The molecule has 0 radical (unpaired) electrons. The molecule has 126 valence electrons. The first-order valence-electron chi connectivity index (χ1n) is 8.10. The van der Waals surface area contributed by atoms with Crippen LogP contribution in [0.15, 0.2) is 36.4 Å². The highest BCUT2D eigenvalue weighted by molar-refractivity contribution is 6.30. The maximum absolute atomic E-state index is 12.4. The summed E-state index contributed by atoms with van der Waals surface area (Å²) in [5.41, 5.74) is 1.93. The van der Waals surface area contributed by atoms with Crippen LogP contribution in [-0.2, 0) is 17.6 Å². The van der Waals surface area contributed by atoms with Crippen molar-refractivity contribution in [3.05, 3.63) is 57.8 Å². The topological polar surface area (TPSA) is 46.1 Å². The van der Waals surface area contributed by atoms with Gasteiger partial charge < -0.3 is 4.90 Å². The van der Waals surface area contributed by atoms with Crippen molar-refractivity contribution in [2.45, 2.75) is 25.7 Å². The van der Waals surface area contributed by atoms with Crippen LogP contribution >= 0.6 is 23.2 Å². The average Bonchev–Trinajstić information content (AvgIpc) is 2.57. The Kier molecular flexibility index (Phi) is 5.69. The van der Waals surface area contributed by atoms with Crippen LogP contribution in [0, 0.1) is 5.92 Å². The first-order valence-corrected chi connectivity index (χ1v) is 8.86. The number of hydrogen-bond acceptors (Lipinski definition) is 3. The summed E-state index contributed by atoms with van der Waals surface area (Å²) in [6.45, 7) is 1.59. The minimum atomic E-state index is 0.104. The Labute approximate surface area is 151 Å². The summed E-state index contributed by atoms with van der Waals surface area (Å²) in [4.78, 5) is 14.3. The molecule has 24 heavy (non-hydrogen) atoms. The molecular formula is C18H19Cl2N3O. The van der Waals surface area contributed by atoms with Crippen LogP contribution in [0.1, 0.15) is 24.1 Å². The molecule has 0 aliphatic carbocycles. The molecule has 1 saturated heterocycles. The summed E-state index contributed by atoms with van der Waals surface area (Å²) in [7, 11) is 0. The highest BCUT2D eigenvalue weighted by Gasteiger charge is 2.23. The van der Waals surface area contributed by atoms with Gasteiger partial charge in [0.05, 0.1) is 12.1 Å². The molecule has 0 bridgehead atoms. The fourth-order valence-corrected chi connectivity index (χ4v) is 3.40. The third-order valence-corrected chi connectivity index (χ3v) is 4.84. The van der Waals surface area contributed by atoms with E-state index in [-0.39, 0.29) is 12.3 Å². The number of rotatable bonds is 4. The quantitative estimate of drug-likeness (QED) is 0.829. The monoisotopic (exact) mass is 363 g/mol. The molecule has 1 aliphatic rings. The number of piperidine rings is 1. The molecule has 2 aromatic rings. The molecule has 1 aliphatic heterocycles. The highest BCUT2D eigenvalue weighted by atomic mass is 35.5. The van der Waals surface area contributed by atoms with Gasteiger partial charge in [0.15, 0.2) is 5.15 Å². The first-order chi connectivity index (χ1) is 11.6. The molecule has 1 fully saturated rings. The van der Waals surface area contributed by atoms with Crippen molar-refractivity contribution in [3.63, 3.8) is 0 Å². The van der Waals surface area contributed by atoms with E-state index in [0.29, 0.717) is 16.8 Å². The number of amides is 1. The zero-order chi connectivity index (χ0) is 16.9. The number of likely N-dealkylation sites (tertiary alicyclic amines) is 1. The normalized spacial score (nSPS) is 15.5. The average molecular weight is 364 g/mol. The van der Waals surface area contributed by atoms with Gasteiger partial charge in [-0.25, -0.2) is 0 Å². The number of carbonyl (C=O) groups excluding carboxylic acids is 1. The predicted octanol–water partition coefficient (Wildman–Crippen LogP) is 3.81. The second kappa shape index (κ2) is 7.95. The molecule has 0 spiro atoms. The molecule has 0 unspecified atom stereocenters. The van der Waals surface area contributed by atoms with Crippen LogP contribution in [0.5, 0.6) is 0 Å². The van der Waals surface area contributed by atoms with E-state index < -0.39 is 0 Å². The smallest absolute Gasteiger partial charge is 0.228 e. The number of aromatic nitrogens is 2. The number of nitrogens with zero attached hydrogens (tertiary/aromatic N) is 3. The van der Waals surface area contributed by atoms with Gasteiger partial charge in [-0.05, 0) is 55.0 Å². The van der Waals surface area contributed by atoms with E-state index in [1.807, 2.05) is 23.1 Å². The second-order valence-corrected chi connectivity index (χ2v) is 7.01. The molecule has 3 rings (SSSR count). The Morgan fingerprint density at radius 1 is 1.12 bits per heavy atom. The third kappa shape index (κ3) is 4.68. The van der Waals surface area contributed by atoms with E-state index in [1.165, 1.54) is 5.56 Å². The van der Waals surface area contributed by atoms with Crippen LogP contribution in [0.2, 0.25) is 10.2 Å². The van der Waals surface area contributed by atoms with Gasteiger partial charge in [-0.2, -0.15) is 5.10 Å². The summed E-state index contributed by atoms with van der Waals surface area (Å²) in [6, 6.07) is 11.4. The van der Waals surface area contributed by atoms with Gasteiger partial charge in [-0.3, -0.25) is 4.79 Å². The Morgan fingerprint density at radius 3 is 2.58 bits per heavy atom. The van der Waals surface area contributed by atoms with Crippen molar-refractivity contribution in [1.82, 2.24) is 15.1 Å². The van der Waals surface area contributed by atoms with Gasteiger partial charge >= 0.3 is 0 Å². The lowest BCUT2D eigenvalue weighted by Crippen LogP contribution is -2.39. The Bertz CT molecular complexity index is 698. The Hall–Kier alpha value is -1.65. The molecule has 0 saturated carbocycles. The van der Waals surface area contributed by atoms with Crippen LogP contribution in [0.3, 0.4) is 0 Å². The zero-order valence-electron chi connectivity index (χ0n) is 13.3. The minimum absolute atomic E-state index is 0.104. The second-order valence-electron chi connectivity index (χ2n) is 6.18. The van der Waals surface area contributed by atoms with E-state index in [9.17, 15) is 4.79 Å². The van der Waals surface area contributed by atoms with Gasteiger partial charge in [0.2, 0.25) is 5.91 Å². The largest absolute Gasteiger partial charge is 0.342 e. The summed E-state index contributed by atoms with van der Waals surface area (Å²) in [5, 5.41) is 8.85. The predicted molar refractivity (Wildman–Crippen MR) is 95.2 cm³/mol. The standard InChI is InChI=1S/C18H19Cl2N3O/c19-15-3-1-2-14(11-15)10-13-6-8-23(9-7-13)18(24)12-16-4-5-17(20)22-21-16/h1-5,11,13H,6-10,12H2. The number of hydrogen-bond donors (Lipinski definition) is 0. The van der Waals surface area contributed by atoms with Crippen molar-refractivity contribution < 1.29 is 4.79 Å².